The molecule has 29 heavy (non-hydrogen) atoms. The highest BCUT2D eigenvalue weighted by molar-refractivity contribution is 5.94. The number of pyridine rings is 1. The second-order valence-corrected chi connectivity index (χ2v) is 7.50. The monoisotopic (exact) mass is 401 g/mol. The molecule has 2 amide bonds. The van der Waals surface area contributed by atoms with Crippen LogP contribution in [0.5, 0.6) is 0 Å². The van der Waals surface area contributed by atoms with Crippen molar-refractivity contribution >= 4 is 11.8 Å². The number of methoxy groups -OCH3 is 1. The Morgan fingerprint density at radius 2 is 1.97 bits per heavy atom. The van der Waals surface area contributed by atoms with Crippen molar-refractivity contribution in [2.75, 3.05) is 33.4 Å². The number of fused-ring (bicyclic) bond motifs is 1. The number of hydrogen-bond donors (Lipinski definition) is 0. The zero-order valence-corrected chi connectivity index (χ0v) is 15.9. The minimum Gasteiger partial charge on any atom is -0.375 e. The Morgan fingerprint density at radius 1 is 1.14 bits per heavy atom. The molecule has 0 aliphatic carbocycles. The number of likely N-dealkylation sites (tertiary alicyclic amines) is 2. The van der Waals surface area contributed by atoms with E-state index >= 15 is 0 Å². The maximum Gasteiger partial charge on any atom is 0.255 e. The summed E-state index contributed by atoms with van der Waals surface area (Å²) in [6.07, 6.45) is 2.40. The Kier molecular flexibility index (Phi) is 5.27. The lowest BCUT2D eigenvalue weighted by Gasteiger charge is -2.30. The molecule has 152 valence electrons. The number of amides is 2. The highest BCUT2D eigenvalue weighted by Crippen LogP contribution is 2.45. The van der Waals surface area contributed by atoms with Crippen LogP contribution < -0.4 is 0 Å². The molecular formula is C21H21F2N3O3. The van der Waals surface area contributed by atoms with Gasteiger partial charge in [-0.15, -0.1) is 0 Å². The number of carbonyl (C=O) groups excluding carboxylic acids is 2. The van der Waals surface area contributed by atoms with Gasteiger partial charge in [-0.05, 0) is 23.8 Å². The number of carbonyl (C=O) groups is 2. The normalized spacial score (nSPS) is 23.3. The fourth-order valence-corrected chi connectivity index (χ4v) is 4.50. The lowest BCUT2D eigenvalue weighted by molar-refractivity contribution is -0.136. The summed E-state index contributed by atoms with van der Waals surface area (Å²) in [7, 11) is 1.46. The zero-order chi connectivity index (χ0) is 20.5. The third-order valence-corrected chi connectivity index (χ3v) is 5.68. The maximum absolute atomic E-state index is 13.9. The van der Waals surface area contributed by atoms with E-state index < -0.39 is 5.82 Å². The summed E-state index contributed by atoms with van der Waals surface area (Å²) in [5.74, 6) is -1.38. The summed E-state index contributed by atoms with van der Waals surface area (Å²) in [6.45, 7) is 1.25. The van der Waals surface area contributed by atoms with Gasteiger partial charge in [0.1, 0.15) is 18.2 Å². The van der Waals surface area contributed by atoms with E-state index in [2.05, 4.69) is 4.98 Å². The number of nitrogens with zero attached hydrogens (tertiary/aromatic N) is 3. The number of halogens is 2. The highest BCUT2D eigenvalue weighted by atomic mass is 19.1. The summed E-state index contributed by atoms with van der Waals surface area (Å²) in [5.41, 5.74) is 0.892. The van der Waals surface area contributed by atoms with Crippen LogP contribution in [0.3, 0.4) is 0 Å². The first-order chi connectivity index (χ1) is 14.0. The molecule has 2 aromatic rings. The number of rotatable bonds is 4. The molecule has 4 rings (SSSR count). The molecule has 0 N–H and O–H groups in total. The smallest absolute Gasteiger partial charge is 0.255 e. The first-order valence-corrected chi connectivity index (χ1v) is 9.41. The third kappa shape index (κ3) is 3.72. The summed E-state index contributed by atoms with van der Waals surface area (Å²) < 4.78 is 32.3. The molecular weight excluding hydrogens is 380 g/mol. The topological polar surface area (TPSA) is 62.7 Å². The van der Waals surface area contributed by atoms with Crippen molar-refractivity contribution in [2.45, 2.75) is 6.04 Å². The standard InChI is InChI=1S/C21H21F2N3O3/c1-29-12-19(27)26-10-15-9-25(21(28)14-6-17(23)8-24-7-14)11-18(15)20(26)13-3-2-4-16(22)5-13/h2-8,15,18,20H,9-12H2,1H3/t15-,18-,20+/m1/s1. The van der Waals surface area contributed by atoms with Crippen LogP contribution in [-0.4, -0.2) is 59.9 Å². The zero-order valence-electron chi connectivity index (χ0n) is 15.9. The largest absolute Gasteiger partial charge is 0.375 e. The van der Waals surface area contributed by atoms with E-state index in [1.54, 1.807) is 21.9 Å². The van der Waals surface area contributed by atoms with Crippen molar-refractivity contribution in [1.82, 2.24) is 14.8 Å². The van der Waals surface area contributed by atoms with Crippen LogP contribution in [0.4, 0.5) is 8.78 Å². The molecule has 2 aliphatic rings. The average Bonchev–Trinajstić information content (AvgIpc) is 3.25. The lowest BCUT2D eigenvalue weighted by atomic mass is 9.89. The van der Waals surface area contributed by atoms with E-state index in [1.807, 2.05) is 0 Å². The molecule has 0 spiro atoms. The molecule has 2 fully saturated rings. The van der Waals surface area contributed by atoms with Crippen LogP contribution >= 0.6 is 0 Å². The van der Waals surface area contributed by atoms with E-state index in [0.717, 1.165) is 6.20 Å². The van der Waals surface area contributed by atoms with Crippen molar-refractivity contribution in [3.05, 3.63) is 65.5 Å². The summed E-state index contributed by atoms with van der Waals surface area (Å²) >= 11 is 0. The van der Waals surface area contributed by atoms with Gasteiger partial charge in [0.05, 0.1) is 17.8 Å². The van der Waals surface area contributed by atoms with E-state index in [1.165, 1.54) is 31.5 Å². The molecule has 1 aromatic carbocycles. The van der Waals surface area contributed by atoms with E-state index in [9.17, 15) is 18.4 Å². The molecule has 0 saturated carbocycles. The number of benzene rings is 1. The molecule has 3 atom stereocenters. The first-order valence-electron chi connectivity index (χ1n) is 9.41. The molecule has 6 nitrogen and oxygen atoms in total. The number of ether oxygens (including phenoxy) is 1. The second kappa shape index (κ2) is 7.87. The van der Waals surface area contributed by atoms with Gasteiger partial charge >= 0.3 is 0 Å². The predicted molar refractivity (Wildman–Crippen MR) is 99.8 cm³/mol. The highest BCUT2D eigenvalue weighted by Gasteiger charge is 2.50. The summed E-state index contributed by atoms with van der Waals surface area (Å²) in [6, 6.07) is 7.03. The molecule has 2 aliphatic heterocycles. The molecule has 0 radical (unpaired) electrons. The van der Waals surface area contributed by atoms with Gasteiger partial charge in [0, 0.05) is 44.8 Å². The number of hydrogen-bond acceptors (Lipinski definition) is 4. The van der Waals surface area contributed by atoms with Crippen LogP contribution in [0.15, 0.2) is 42.7 Å². The van der Waals surface area contributed by atoms with Gasteiger partial charge in [-0.2, -0.15) is 0 Å². The molecule has 3 heterocycles. The molecule has 8 heteroatoms. The Balaban J connectivity index is 1.60. The Bertz CT molecular complexity index is 939. The van der Waals surface area contributed by atoms with Crippen molar-refractivity contribution in [2.24, 2.45) is 11.8 Å². The van der Waals surface area contributed by atoms with Crippen LogP contribution in [0.1, 0.15) is 22.0 Å². The minimum atomic E-state index is -0.566. The Labute approximate surface area is 167 Å². The summed E-state index contributed by atoms with van der Waals surface area (Å²) in [4.78, 5) is 32.5. The second-order valence-electron chi connectivity index (χ2n) is 7.50. The van der Waals surface area contributed by atoms with Crippen LogP contribution in [-0.2, 0) is 9.53 Å². The van der Waals surface area contributed by atoms with Crippen molar-refractivity contribution in [3.8, 4) is 0 Å². The first kappa shape index (κ1) is 19.4. The Morgan fingerprint density at radius 3 is 2.69 bits per heavy atom. The van der Waals surface area contributed by atoms with Crippen molar-refractivity contribution < 1.29 is 23.1 Å². The van der Waals surface area contributed by atoms with Crippen LogP contribution in [0.2, 0.25) is 0 Å². The number of aromatic nitrogens is 1. The predicted octanol–water partition coefficient (Wildman–Crippen LogP) is 2.28. The van der Waals surface area contributed by atoms with E-state index in [-0.39, 0.29) is 47.7 Å². The Hall–Kier alpha value is -2.87. The average molecular weight is 401 g/mol. The fourth-order valence-electron chi connectivity index (χ4n) is 4.50. The molecule has 0 bridgehead atoms. The van der Waals surface area contributed by atoms with Gasteiger partial charge in [-0.25, -0.2) is 8.78 Å². The van der Waals surface area contributed by atoms with Gasteiger partial charge in [-0.1, -0.05) is 12.1 Å². The molecule has 2 saturated heterocycles. The fraction of sp³-hybridized carbons (Fsp3) is 0.381. The lowest BCUT2D eigenvalue weighted by Crippen LogP contribution is -2.39. The van der Waals surface area contributed by atoms with Gasteiger partial charge < -0.3 is 14.5 Å². The van der Waals surface area contributed by atoms with Gasteiger partial charge in [0.2, 0.25) is 5.91 Å². The third-order valence-electron chi connectivity index (χ3n) is 5.68. The van der Waals surface area contributed by atoms with Gasteiger partial charge in [0.25, 0.3) is 5.91 Å². The molecule has 0 unspecified atom stereocenters. The van der Waals surface area contributed by atoms with Crippen molar-refractivity contribution in [1.29, 1.82) is 0 Å². The van der Waals surface area contributed by atoms with E-state index in [4.69, 9.17) is 4.74 Å². The van der Waals surface area contributed by atoms with Gasteiger partial charge in [0.15, 0.2) is 0 Å². The van der Waals surface area contributed by atoms with Crippen LogP contribution in [0.25, 0.3) is 0 Å². The minimum absolute atomic E-state index is 0.0388. The van der Waals surface area contributed by atoms with Crippen molar-refractivity contribution in [3.63, 3.8) is 0 Å². The quantitative estimate of drug-likeness (QED) is 0.789. The molecule has 1 aromatic heterocycles. The van der Waals surface area contributed by atoms with Crippen LogP contribution in [0, 0.1) is 23.5 Å². The van der Waals surface area contributed by atoms with Gasteiger partial charge in [-0.3, -0.25) is 14.6 Å². The van der Waals surface area contributed by atoms with E-state index in [0.29, 0.717) is 25.2 Å². The summed E-state index contributed by atoms with van der Waals surface area (Å²) in [5, 5.41) is 0. The maximum atomic E-state index is 13.9. The SMILES string of the molecule is COCC(=O)N1C[C@H]2CN(C(=O)c3cncc(F)c3)C[C@H]2[C@@H]1c1cccc(F)c1.